The summed E-state index contributed by atoms with van der Waals surface area (Å²) in [4.78, 5) is 2.36. The van der Waals surface area contributed by atoms with E-state index < -0.39 is 10.0 Å². The lowest BCUT2D eigenvalue weighted by Crippen LogP contribution is -2.63. The molecule has 2 bridgehead atoms. The van der Waals surface area contributed by atoms with E-state index in [9.17, 15) is 8.42 Å². The Morgan fingerprint density at radius 1 is 1.21 bits per heavy atom. The largest absolute Gasteiger partial charge is 0.296 e. The quantitative estimate of drug-likeness (QED) is 0.666. The number of piperidine rings is 3. The normalized spacial score (nSPS) is 44.2. The van der Waals surface area contributed by atoms with Crippen LogP contribution in [0.5, 0.6) is 0 Å². The molecule has 2 N–H and O–H groups in total. The van der Waals surface area contributed by atoms with E-state index in [0.29, 0.717) is 5.92 Å². The molecule has 3 aliphatic heterocycles. The maximum absolute atomic E-state index is 11.6. The molecule has 80 valence electrons. The van der Waals surface area contributed by atoms with Crippen LogP contribution in [0.15, 0.2) is 0 Å². The number of rotatable bonds is 1. The number of fused-ring (bicyclic) bond motifs is 2. The topological polar surface area (TPSA) is 63.4 Å². The second kappa shape index (κ2) is 2.51. The van der Waals surface area contributed by atoms with Crippen molar-refractivity contribution >= 4 is 10.0 Å². The van der Waals surface area contributed by atoms with Crippen LogP contribution in [0.2, 0.25) is 0 Å². The first-order valence-electron chi connectivity index (χ1n) is 5.31. The fourth-order valence-corrected chi connectivity index (χ4v) is 5.37. The maximum atomic E-state index is 11.6. The lowest BCUT2D eigenvalue weighted by atomic mass is 9.81. The van der Waals surface area contributed by atoms with E-state index in [0.717, 1.165) is 38.8 Å². The van der Waals surface area contributed by atoms with E-state index in [4.69, 9.17) is 5.14 Å². The third kappa shape index (κ3) is 1.03. The molecule has 0 radical (unpaired) electrons. The van der Waals surface area contributed by atoms with Crippen molar-refractivity contribution in [3.8, 4) is 0 Å². The van der Waals surface area contributed by atoms with Crippen molar-refractivity contribution in [2.45, 2.75) is 36.5 Å². The molecule has 3 saturated heterocycles. The van der Waals surface area contributed by atoms with Gasteiger partial charge < -0.3 is 0 Å². The van der Waals surface area contributed by atoms with Crippen LogP contribution in [0.4, 0.5) is 0 Å². The van der Waals surface area contributed by atoms with Crippen molar-refractivity contribution in [3.63, 3.8) is 0 Å². The monoisotopic (exact) mass is 216 g/mol. The van der Waals surface area contributed by atoms with Crippen LogP contribution in [-0.2, 0) is 10.0 Å². The first kappa shape index (κ1) is 9.12. The highest BCUT2D eigenvalue weighted by Gasteiger charge is 2.64. The number of hydrogen-bond donors (Lipinski definition) is 1. The zero-order valence-corrected chi connectivity index (χ0v) is 8.96. The molecule has 4 rings (SSSR count). The highest BCUT2D eigenvalue weighted by atomic mass is 32.2. The molecular formula is C9H16N2O2S. The van der Waals surface area contributed by atoms with E-state index in [2.05, 4.69) is 4.90 Å². The fourth-order valence-electron chi connectivity index (χ4n) is 3.57. The maximum Gasteiger partial charge on any atom is 0.214 e. The van der Waals surface area contributed by atoms with Gasteiger partial charge in [-0.1, -0.05) is 0 Å². The predicted octanol–water partition coefficient (Wildman–Crippen LogP) is -0.0983. The Bertz CT molecular complexity index is 353. The second-order valence-corrected chi connectivity index (χ2v) is 6.62. The number of hydrogen-bond acceptors (Lipinski definition) is 3. The predicted molar refractivity (Wildman–Crippen MR) is 53.2 cm³/mol. The van der Waals surface area contributed by atoms with Crippen LogP contribution in [0, 0.1) is 5.92 Å². The molecule has 4 aliphatic rings. The van der Waals surface area contributed by atoms with Crippen molar-refractivity contribution < 1.29 is 8.42 Å². The van der Waals surface area contributed by atoms with Gasteiger partial charge in [0.15, 0.2) is 0 Å². The first-order chi connectivity index (χ1) is 6.54. The Morgan fingerprint density at radius 3 is 2.14 bits per heavy atom. The number of nitrogens with two attached hydrogens (primary N) is 1. The molecule has 4 fully saturated rings. The molecule has 0 aromatic carbocycles. The average Bonchev–Trinajstić information content (AvgIpc) is 2.85. The van der Waals surface area contributed by atoms with E-state index >= 15 is 0 Å². The standard InChI is InChI=1S/C9H16N2O2S/c10-14(12,13)8-7-1-5-11(6-2-7)9(8)3-4-9/h7-8H,1-6H2,(H2,10,12,13). The number of nitrogens with zero attached hydrogens (tertiary/aromatic N) is 1. The van der Waals surface area contributed by atoms with Crippen molar-refractivity contribution in [1.82, 2.24) is 4.90 Å². The number of sulfonamides is 1. The molecule has 1 saturated carbocycles. The summed E-state index contributed by atoms with van der Waals surface area (Å²) in [5.41, 5.74) is -0.0330. The fraction of sp³-hybridized carbons (Fsp3) is 1.00. The van der Waals surface area contributed by atoms with Crippen LogP contribution in [0.3, 0.4) is 0 Å². The molecule has 1 aliphatic carbocycles. The summed E-state index contributed by atoms with van der Waals surface area (Å²) in [6, 6.07) is 0. The van der Waals surface area contributed by atoms with Crippen molar-refractivity contribution in [3.05, 3.63) is 0 Å². The minimum absolute atomic E-state index is 0.0330. The lowest BCUT2D eigenvalue weighted by Gasteiger charge is -2.50. The lowest BCUT2D eigenvalue weighted by molar-refractivity contribution is 0.0380. The minimum atomic E-state index is -3.34. The Balaban J connectivity index is 2.03. The van der Waals surface area contributed by atoms with Gasteiger partial charge in [-0.3, -0.25) is 4.90 Å². The van der Waals surface area contributed by atoms with Crippen LogP contribution in [0.25, 0.3) is 0 Å². The molecule has 0 aromatic rings. The molecule has 1 spiro atoms. The molecular weight excluding hydrogens is 200 g/mol. The van der Waals surface area contributed by atoms with Gasteiger partial charge in [0.05, 0.1) is 5.25 Å². The van der Waals surface area contributed by atoms with Gasteiger partial charge in [-0.05, 0) is 44.7 Å². The van der Waals surface area contributed by atoms with Gasteiger partial charge in [-0.25, -0.2) is 13.6 Å². The Labute approximate surface area is 84.5 Å². The van der Waals surface area contributed by atoms with Crippen LogP contribution in [-0.4, -0.2) is 37.2 Å². The van der Waals surface area contributed by atoms with Gasteiger partial charge >= 0.3 is 0 Å². The zero-order valence-electron chi connectivity index (χ0n) is 8.15. The van der Waals surface area contributed by atoms with E-state index in [-0.39, 0.29) is 10.8 Å². The summed E-state index contributed by atoms with van der Waals surface area (Å²) in [5, 5.41) is 5.09. The van der Waals surface area contributed by atoms with Crippen molar-refractivity contribution in [1.29, 1.82) is 0 Å². The third-order valence-electron chi connectivity index (χ3n) is 4.24. The second-order valence-electron chi connectivity index (χ2n) is 4.94. The SMILES string of the molecule is NS(=O)(=O)C1C2CCN(CC2)C12CC2. The van der Waals surface area contributed by atoms with E-state index in [1.807, 2.05) is 0 Å². The average molecular weight is 216 g/mol. The highest BCUT2D eigenvalue weighted by molar-refractivity contribution is 7.89. The van der Waals surface area contributed by atoms with Gasteiger partial charge in [-0.2, -0.15) is 0 Å². The molecule has 5 heteroatoms. The third-order valence-corrected chi connectivity index (χ3v) is 5.77. The summed E-state index contributed by atoms with van der Waals surface area (Å²) in [5.74, 6) is 0.331. The van der Waals surface area contributed by atoms with Crippen LogP contribution in [0.1, 0.15) is 25.7 Å². The zero-order chi connectivity index (χ0) is 9.97. The minimum Gasteiger partial charge on any atom is -0.296 e. The van der Waals surface area contributed by atoms with Gasteiger partial charge in [0.25, 0.3) is 0 Å². The van der Waals surface area contributed by atoms with Gasteiger partial charge in [-0.15, -0.1) is 0 Å². The summed E-state index contributed by atoms with van der Waals surface area (Å²) in [7, 11) is -3.34. The molecule has 4 nitrogen and oxygen atoms in total. The van der Waals surface area contributed by atoms with Gasteiger partial charge in [0.1, 0.15) is 0 Å². The smallest absolute Gasteiger partial charge is 0.214 e. The molecule has 14 heavy (non-hydrogen) atoms. The molecule has 3 heterocycles. The van der Waals surface area contributed by atoms with Crippen molar-refractivity contribution in [2.75, 3.05) is 13.1 Å². The van der Waals surface area contributed by atoms with E-state index in [1.165, 1.54) is 0 Å². The molecule has 0 aromatic heterocycles. The van der Waals surface area contributed by atoms with Crippen LogP contribution < -0.4 is 5.14 Å². The summed E-state index contributed by atoms with van der Waals surface area (Å²) < 4.78 is 23.2. The Morgan fingerprint density at radius 2 is 1.79 bits per heavy atom. The van der Waals surface area contributed by atoms with Gasteiger partial charge in [0, 0.05) is 5.54 Å². The molecule has 0 amide bonds. The summed E-state index contributed by atoms with van der Waals surface area (Å²) in [6.45, 7) is 2.16. The van der Waals surface area contributed by atoms with Crippen LogP contribution >= 0.6 is 0 Å². The van der Waals surface area contributed by atoms with Crippen molar-refractivity contribution in [2.24, 2.45) is 11.1 Å². The molecule has 1 unspecified atom stereocenters. The van der Waals surface area contributed by atoms with Gasteiger partial charge in [0.2, 0.25) is 10.0 Å². The Hall–Kier alpha value is -0.130. The Kier molecular flexibility index (Phi) is 1.64. The summed E-state index contributed by atoms with van der Waals surface area (Å²) in [6.07, 6.45) is 4.10. The highest BCUT2D eigenvalue weighted by Crippen LogP contribution is 2.55. The van der Waals surface area contributed by atoms with E-state index in [1.54, 1.807) is 0 Å². The first-order valence-corrected chi connectivity index (χ1v) is 6.92. The molecule has 1 atom stereocenters. The number of primary sulfonamides is 1. The summed E-state index contributed by atoms with van der Waals surface area (Å²) >= 11 is 0.